The number of halogens is 1. The topological polar surface area (TPSA) is 38.3 Å². The molecule has 1 aromatic rings. The standard InChI is InChI=1S/C13H18BrNO2/c1-10(11-6-3-4-7-12(11)14)15-9-5-8-13(16)17-2/h3-4,6-7,10,15H,5,8-9H2,1-2H3/t10-/m1/s1. The fraction of sp³-hybridized carbons (Fsp3) is 0.462. The molecule has 1 rings (SSSR count). The van der Waals surface area contributed by atoms with Crippen LogP contribution < -0.4 is 5.32 Å². The lowest BCUT2D eigenvalue weighted by atomic mass is 10.1. The number of methoxy groups -OCH3 is 1. The van der Waals surface area contributed by atoms with Crippen molar-refractivity contribution in [2.75, 3.05) is 13.7 Å². The van der Waals surface area contributed by atoms with Gasteiger partial charge < -0.3 is 10.1 Å². The van der Waals surface area contributed by atoms with Crippen LogP contribution in [0.3, 0.4) is 0 Å². The molecule has 1 aromatic carbocycles. The first-order valence-corrected chi connectivity index (χ1v) is 6.49. The number of carbonyl (C=O) groups is 1. The number of carbonyl (C=O) groups excluding carboxylic acids is 1. The summed E-state index contributed by atoms with van der Waals surface area (Å²) in [7, 11) is 1.42. The van der Waals surface area contributed by atoms with E-state index >= 15 is 0 Å². The third-order valence-corrected chi connectivity index (χ3v) is 3.33. The molecule has 4 heteroatoms. The highest BCUT2D eigenvalue weighted by atomic mass is 79.9. The number of ether oxygens (including phenoxy) is 1. The number of hydrogen-bond acceptors (Lipinski definition) is 3. The first-order valence-electron chi connectivity index (χ1n) is 5.69. The van der Waals surface area contributed by atoms with E-state index in [0.717, 1.165) is 17.4 Å². The molecule has 0 aliphatic heterocycles. The molecule has 94 valence electrons. The van der Waals surface area contributed by atoms with E-state index in [4.69, 9.17) is 0 Å². The lowest BCUT2D eigenvalue weighted by Crippen LogP contribution is -2.21. The van der Waals surface area contributed by atoms with Crippen LogP contribution in [0.15, 0.2) is 28.7 Å². The molecule has 0 saturated heterocycles. The van der Waals surface area contributed by atoms with E-state index in [9.17, 15) is 4.79 Å². The highest BCUT2D eigenvalue weighted by Crippen LogP contribution is 2.22. The second-order valence-corrected chi connectivity index (χ2v) is 4.73. The van der Waals surface area contributed by atoms with Crippen LogP contribution in [-0.4, -0.2) is 19.6 Å². The third kappa shape index (κ3) is 4.88. The predicted molar refractivity (Wildman–Crippen MR) is 71.8 cm³/mol. The van der Waals surface area contributed by atoms with Crippen LogP contribution >= 0.6 is 15.9 Å². The van der Waals surface area contributed by atoms with E-state index in [1.165, 1.54) is 12.7 Å². The van der Waals surface area contributed by atoms with Crippen LogP contribution in [-0.2, 0) is 9.53 Å². The molecule has 0 bridgehead atoms. The van der Waals surface area contributed by atoms with Gasteiger partial charge in [0.2, 0.25) is 0 Å². The molecule has 0 amide bonds. The van der Waals surface area contributed by atoms with Crippen molar-refractivity contribution in [1.82, 2.24) is 5.32 Å². The van der Waals surface area contributed by atoms with Gasteiger partial charge in [0.1, 0.15) is 0 Å². The average Bonchev–Trinajstić information content (AvgIpc) is 2.34. The smallest absolute Gasteiger partial charge is 0.305 e. The molecule has 0 spiro atoms. The summed E-state index contributed by atoms with van der Waals surface area (Å²) in [5.41, 5.74) is 1.23. The summed E-state index contributed by atoms with van der Waals surface area (Å²) < 4.78 is 5.69. The normalized spacial score (nSPS) is 12.2. The summed E-state index contributed by atoms with van der Waals surface area (Å²) in [5, 5.41) is 3.38. The van der Waals surface area contributed by atoms with Crippen LogP contribution in [0.25, 0.3) is 0 Å². The van der Waals surface area contributed by atoms with Crippen molar-refractivity contribution < 1.29 is 9.53 Å². The van der Waals surface area contributed by atoms with Crippen LogP contribution in [0.1, 0.15) is 31.4 Å². The maximum atomic E-state index is 10.9. The Hall–Kier alpha value is -0.870. The summed E-state index contributed by atoms with van der Waals surface area (Å²) in [5.74, 6) is -0.152. The summed E-state index contributed by atoms with van der Waals surface area (Å²) in [6.45, 7) is 2.91. The van der Waals surface area contributed by atoms with Gasteiger partial charge in [-0.1, -0.05) is 34.1 Å². The van der Waals surface area contributed by atoms with E-state index in [2.05, 4.69) is 39.0 Å². The zero-order chi connectivity index (χ0) is 12.7. The molecule has 3 nitrogen and oxygen atoms in total. The number of rotatable bonds is 6. The minimum Gasteiger partial charge on any atom is -0.469 e. The summed E-state index contributed by atoms with van der Waals surface area (Å²) in [6, 6.07) is 8.40. The van der Waals surface area contributed by atoms with Gasteiger partial charge in [-0.25, -0.2) is 0 Å². The van der Waals surface area contributed by atoms with Gasteiger partial charge in [0.05, 0.1) is 7.11 Å². The second-order valence-electron chi connectivity index (χ2n) is 3.88. The molecule has 1 N–H and O–H groups in total. The van der Waals surface area contributed by atoms with Crippen LogP contribution in [0.5, 0.6) is 0 Å². The Labute approximate surface area is 111 Å². The molecular weight excluding hydrogens is 282 g/mol. The second kappa shape index (κ2) is 7.45. The zero-order valence-corrected chi connectivity index (χ0v) is 11.8. The molecule has 17 heavy (non-hydrogen) atoms. The Morgan fingerprint density at radius 1 is 1.47 bits per heavy atom. The number of nitrogens with one attached hydrogen (secondary N) is 1. The summed E-state index contributed by atoms with van der Waals surface area (Å²) >= 11 is 3.53. The Bertz CT molecular complexity index is 368. The predicted octanol–water partition coefficient (Wildman–Crippen LogP) is 3.05. The third-order valence-electron chi connectivity index (χ3n) is 2.61. The molecule has 0 saturated carbocycles. The van der Waals surface area contributed by atoms with Crippen LogP contribution in [0.4, 0.5) is 0 Å². The average molecular weight is 300 g/mol. The van der Waals surface area contributed by atoms with Crippen molar-refractivity contribution >= 4 is 21.9 Å². The molecule has 0 aromatic heterocycles. The first kappa shape index (κ1) is 14.2. The van der Waals surface area contributed by atoms with Crippen molar-refractivity contribution in [2.24, 2.45) is 0 Å². The van der Waals surface area contributed by atoms with E-state index in [-0.39, 0.29) is 12.0 Å². The quantitative estimate of drug-likeness (QED) is 0.648. The van der Waals surface area contributed by atoms with Gasteiger partial charge in [-0.2, -0.15) is 0 Å². The lowest BCUT2D eigenvalue weighted by molar-refractivity contribution is -0.140. The van der Waals surface area contributed by atoms with Crippen LogP contribution in [0, 0.1) is 0 Å². The Balaban J connectivity index is 2.33. The van der Waals surface area contributed by atoms with Gasteiger partial charge in [-0.3, -0.25) is 4.79 Å². The van der Waals surface area contributed by atoms with Gasteiger partial charge >= 0.3 is 5.97 Å². The van der Waals surface area contributed by atoms with E-state index < -0.39 is 0 Å². The van der Waals surface area contributed by atoms with Gasteiger partial charge in [0.25, 0.3) is 0 Å². The Kier molecular flexibility index (Phi) is 6.22. The molecule has 0 heterocycles. The molecule has 0 fully saturated rings. The molecule has 0 unspecified atom stereocenters. The fourth-order valence-electron chi connectivity index (χ4n) is 1.59. The van der Waals surface area contributed by atoms with Gasteiger partial charge in [-0.05, 0) is 31.5 Å². The molecular formula is C13H18BrNO2. The summed E-state index contributed by atoms with van der Waals surface area (Å²) in [4.78, 5) is 10.9. The first-order chi connectivity index (χ1) is 8.15. The van der Waals surface area contributed by atoms with E-state index in [0.29, 0.717) is 6.42 Å². The van der Waals surface area contributed by atoms with Crippen molar-refractivity contribution in [3.8, 4) is 0 Å². The largest absolute Gasteiger partial charge is 0.469 e. The van der Waals surface area contributed by atoms with Crippen molar-refractivity contribution in [1.29, 1.82) is 0 Å². The van der Waals surface area contributed by atoms with Gasteiger partial charge in [0.15, 0.2) is 0 Å². The van der Waals surface area contributed by atoms with Crippen molar-refractivity contribution in [3.05, 3.63) is 34.3 Å². The molecule has 0 radical (unpaired) electrons. The Morgan fingerprint density at radius 2 is 2.18 bits per heavy atom. The SMILES string of the molecule is COC(=O)CCCN[C@H](C)c1ccccc1Br. The van der Waals surface area contributed by atoms with Crippen molar-refractivity contribution in [3.63, 3.8) is 0 Å². The highest BCUT2D eigenvalue weighted by molar-refractivity contribution is 9.10. The number of benzene rings is 1. The minimum atomic E-state index is -0.152. The zero-order valence-electron chi connectivity index (χ0n) is 10.2. The van der Waals surface area contributed by atoms with Crippen LogP contribution in [0.2, 0.25) is 0 Å². The van der Waals surface area contributed by atoms with E-state index in [1.807, 2.05) is 18.2 Å². The molecule has 1 atom stereocenters. The summed E-state index contributed by atoms with van der Waals surface area (Å²) in [6.07, 6.45) is 1.26. The van der Waals surface area contributed by atoms with E-state index in [1.54, 1.807) is 0 Å². The molecule has 0 aliphatic rings. The van der Waals surface area contributed by atoms with Gasteiger partial charge in [0, 0.05) is 16.9 Å². The molecule has 0 aliphatic carbocycles. The highest BCUT2D eigenvalue weighted by Gasteiger charge is 2.08. The monoisotopic (exact) mass is 299 g/mol. The lowest BCUT2D eigenvalue weighted by Gasteiger charge is -2.15. The van der Waals surface area contributed by atoms with Gasteiger partial charge in [-0.15, -0.1) is 0 Å². The maximum absolute atomic E-state index is 10.9. The fourth-order valence-corrected chi connectivity index (χ4v) is 2.22. The van der Waals surface area contributed by atoms with Crippen molar-refractivity contribution in [2.45, 2.75) is 25.8 Å². The Morgan fingerprint density at radius 3 is 2.82 bits per heavy atom. The maximum Gasteiger partial charge on any atom is 0.305 e. The minimum absolute atomic E-state index is 0.152. The number of hydrogen-bond donors (Lipinski definition) is 1. The number of esters is 1.